The number of nitrogens with two attached hydrogens (primary N) is 1. The molecule has 152 valence electrons. The first kappa shape index (κ1) is 19.7. The summed E-state index contributed by atoms with van der Waals surface area (Å²) in [6.45, 7) is 8.21. The Kier molecular flexibility index (Phi) is 5.43. The third-order valence-corrected chi connectivity index (χ3v) is 6.74. The van der Waals surface area contributed by atoms with Crippen LogP contribution in [0, 0.1) is 0 Å². The van der Waals surface area contributed by atoms with Gasteiger partial charge in [-0.1, -0.05) is 0 Å². The van der Waals surface area contributed by atoms with Gasteiger partial charge in [-0.3, -0.25) is 4.79 Å². The number of likely N-dealkylation sites (N-methyl/N-ethyl adjacent to an activating group) is 1. The Hall–Kier alpha value is -2.64. The Morgan fingerprint density at radius 1 is 1.28 bits per heavy atom. The van der Waals surface area contributed by atoms with E-state index in [0.717, 1.165) is 59.9 Å². The first-order valence-corrected chi connectivity index (χ1v) is 11.0. The molecule has 1 atom stereocenters. The number of nitrogens with one attached hydrogen (secondary N) is 2. The molecular formula is C22H28N5OS+. The number of pyridine rings is 1. The van der Waals surface area contributed by atoms with E-state index in [1.165, 1.54) is 21.8 Å². The van der Waals surface area contributed by atoms with E-state index in [1.54, 1.807) is 0 Å². The Labute approximate surface area is 175 Å². The molecule has 4 rings (SSSR count). The Bertz CT molecular complexity index is 1040. The zero-order valence-corrected chi connectivity index (χ0v) is 18.0. The van der Waals surface area contributed by atoms with Crippen LogP contribution in [0.5, 0.6) is 0 Å². The summed E-state index contributed by atoms with van der Waals surface area (Å²) in [4.78, 5) is 22.8. The molecule has 0 spiro atoms. The van der Waals surface area contributed by atoms with Gasteiger partial charge in [-0.2, -0.15) is 0 Å². The van der Waals surface area contributed by atoms with Crippen molar-refractivity contribution in [2.75, 3.05) is 42.6 Å². The Balaban J connectivity index is 1.58. The normalized spacial score (nSPS) is 15.9. The van der Waals surface area contributed by atoms with E-state index in [9.17, 15) is 4.79 Å². The van der Waals surface area contributed by atoms with Crippen molar-refractivity contribution in [2.24, 2.45) is 0 Å². The molecule has 29 heavy (non-hydrogen) atoms. The summed E-state index contributed by atoms with van der Waals surface area (Å²) < 4.78 is 0. The molecule has 0 fully saturated rings. The quantitative estimate of drug-likeness (QED) is 0.604. The van der Waals surface area contributed by atoms with Gasteiger partial charge in [0.15, 0.2) is 0 Å². The lowest BCUT2D eigenvalue weighted by Gasteiger charge is -2.21. The molecule has 3 aromatic rings. The minimum absolute atomic E-state index is 0.179. The molecule has 1 aromatic carbocycles. The highest BCUT2D eigenvalue weighted by Gasteiger charge is 2.23. The number of nitrogen functional groups attached to an aromatic ring is 1. The molecular weight excluding hydrogens is 382 g/mol. The monoisotopic (exact) mass is 410 g/mol. The lowest BCUT2D eigenvalue weighted by Crippen LogP contribution is -3.08. The molecule has 4 N–H and O–H groups in total. The average molecular weight is 411 g/mol. The van der Waals surface area contributed by atoms with Crippen LogP contribution in [-0.4, -0.2) is 37.6 Å². The maximum absolute atomic E-state index is 12.9. The SMILES string of the molecule is CCN(CC)c1ccc(NC(=O)c2sc3nc4c(cc3c2N)C[NH+](C)CC4)cc1. The Morgan fingerprint density at radius 2 is 2.00 bits per heavy atom. The molecule has 0 aliphatic carbocycles. The number of nitrogens with zero attached hydrogens (tertiary/aromatic N) is 2. The van der Waals surface area contributed by atoms with E-state index in [2.05, 4.69) is 37.2 Å². The van der Waals surface area contributed by atoms with Crippen LogP contribution in [0.3, 0.4) is 0 Å². The van der Waals surface area contributed by atoms with Gasteiger partial charge in [0, 0.05) is 41.8 Å². The fourth-order valence-corrected chi connectivity index (χ4v) is 4.93. The summed E-state index contributed by atoms with van der Waals surface area (Å²) in [5.74, 6) is -0.179. The highest BCUT2D eigenvalue weighted by Crippen LogP contribution is 2.34. The first-order valence-electron chi connectivity index (χ1n) is 10.2. The molecule has 7 heteroatoms. The zero-order valence-electron chi connectivity index (χ0n) is 17.2. The second kappa shape index (κ2) is 8.00. The number of fused-ring (bicyclic) bond motifs is 2. The van der Waals surface area contributed by atoms with Gasteiger partial charge in [-0.25, -0.2) is 4.98 Å². The second-order valence-electron chi connectivity index (χ2n) is 7.60. The van der Waals surface area contributed by atoms with Crippen molar-refractivity contribution in [1.29, 1.82) is 0 Å². The average Bonchev–Trinajstić information content (AvgIpc) is 3.04. The van der Waals surface area contributed by atoms with Gasteiger partial charge in [0.25, 0.3) is 5.91 Å². The van der Waals surface area contributed by atoms with Gasteiger partial charge in [0.1, 0.15) is 16.3 Å². The molecule has 3 heterocycles. The molecule has 2 aromatic heterocycles. The van der Waals surface area contributed by atoms with Crippen LogP contribution < -0.4 is 20.9 Å². The van der Waals surface area contributed by atoms with Crippen molar-refractivity contribution in [1.82, 2.24) is 4.98 Å². The van der Waals surface area contributed by atoms with E-state index in [0.29, 0.717) is 10.6 Å². The molecule has 0 saturated carbocycles. The molecule has 1 aliphatic rings. The molecule has 6 nitrogen and oxygen atoms in total. The number of thiophene rings is 1. The summed E-state index contributed by atoms with van der Waals surface area (Å²) in [5, 5.41) is 3.87. The summed E-state index contributed by atoms with van der Waals surface area (Å²) in [5.41, 5.74) is 11.2. The summed E-state index contributed by atoms with van der Waals surface area (Å²) in [6, 6.07) is 10.1. The second-order valence-corrected chi connectivity index (χ2v) is 8.60. The topological polar surface area (TPSA) is 75.7 Å². The zero-order chi connectivity index (χ0) is 20.5. The van der Waals surface area contributed by atoms with Crippen LogP contribution in [0.4, 0.5) is 17.1 Å². The lowest BCUT2D eigenvalue weighted by molar-refractivity contribution is -0.895. The maximum Gasteiger partial charge on any atom is 0.267 e. The number of carbonyl (C=O) groups excluding carboxylic acids is 1. The fraction of sp³-hybridized carbons (Fsp3) is 0.364. The summed E-state index contributed by atoms with van der Waals surface area (Å²) in [7, 11) is 2.19. The third kappa shape index (κ3) is 3.80. The van der Waals surface area contributed by atoms with Crippen LogP contribution in [-0.2, 0) is 13.0 Å². The van der Waals surface area contributed by atoms with Crippen molar-refractivity contribution in [3.63, 3.8) is 0 Å². The minimum Gasteiger partial charge on any atom is -0.397 e. The smallest absolute Gasteiger partial charge is 0.267 e. The number of hydrogen-bond acceptors (Lipinski definition) is 5. The van der Waals surface area contributed by atoms with Crippen molar-refractivity contribution >= 4 is 44.5 Å². The van der Waals surface area contributed by atoms with Gasteiger partial charge >= 0.3 is 0 Å². The van der Waals surface area contributed by atoms with Gasteiger partial charge in [-0.05, 0) is 44.2 Å². The number of carbonyl (C=O) groups is 1. The predicted octanol–water partition coefficient (Wildman–Crippen LogP) is 2.55. The largest absolute Gasteiger partial charge is 0.397 e. The van der Waals surface area contributed by atoms with Gasteiger partial charge in [0.2, 0.25) is 0 Å². The van der Waals surface area contributed by atoms with E-state index in [1.807, 2.05) is 24.3 Å². The van der Waals surface area contributed by atoms with Crippen molar-refractivity contribution in [3.8, 4) is 0 Å². The van der Waals surface area contributed by atoms with Crippen LogP contribution in [0.25, 0.3) is 10.2 Å². The molecule has 0 bridgehead atoms. The third-order valence-electron chi connectivity index (χ3n) is 5.63. The molecule has 1 amide bonds. The summed E-state index contributed by atoms with van der Waals surface area (Å²) >= 11 is 1.38. The highest BCUT2D eigenvalue weighted by molar-refractivity contribution is 7.21. The van der Waals surface area contributed by atoms with Crippen LogP contribution in [0.15, 0.2) is 30.3 Å². The van der Waals surface area contributed by atoms with Crippen molar-refractivity contribution < 1.29 is 9.69 Å². The first-order chi connectivity index (χ1) is 14.0. The number of amides is 1. The molecule has 1 aliphatic heterocycles. The lowest BCUT2D eigenvalue weighted by atomic mass is 10.0. The Morgan fingerprint density at radius 3 is 2.69 bits per heavy atom. The summed E-state index contributed by atoms with van der Waals surface area (Å²) in [6.07, 6.45) is 0.968. The molecule has 0 saturated heterocycles. The number of aromatic nitrogens is 1. The predicted molar refractivity (Wildman–Crippen MR) is 121 cm³/mol. The maximum atomic E-state index is 12.9. The number of anilines is 3. The van der Waals surface area contributed by atoms with Crippen molar-refractivity contribution in [3.05, 3.63) is 46.5 Å². The molecule has 1 unspecified atom stereocenters. The van der Waals surface area contributed by atoms with Gasteiger partial charge < -0.3 is 20.9 Å². The van der Waals surface area contributed by atoms with Gasteiger partial charge in [0.05, 0.1) is 25.0 Å². The van der Waals surface area contributed by atoms with Crippen LogP contribution >= 0.6 is 11.3 Å². The van der Waals surface area contributed by atoms with E-state index >= 15 is 0 Å². The van der Waals surface area contributed by atoms with Crippen molar-refractivity contribution in [2.45, 2.75) is 26.8 Å². The minimum atomic E-state index is -0.179. The van der Waals surface area contributed by atoms with Crippen LogP contribution in [0.1, 0.15) is 34.8 Å². The van der Waals surface area contributed by atoms with E-state index < -0.39 is 0 Å². The number of benzene rings is 1. The highest BCUT2D eigenvalue weighted by atomic mass is 32.1. The van der Waals surface area contributed by atoms with E-state index in [-0.39, 0.29) is 5.91 Å². The van der Waals surface area contributed by atoms with Gasteiger partial charge in [-0.15, -0.1) is 11.3 Å². The molecule has 0 radical (unpaired) electrons. The number of quaternary nitrogens is 1. The fourth-order valence-electron chi connectivity index (χ4n) is 3.93. The number of hydrogen-bond donors (Lipinski definition) is 3. The number of rotatable bonds is 5. The van der Waals surface area contributed by atoms with Crippen LogP contribution in [0.2, 0.25) is 0 Å². The standard InChI is InChI=1S/C22H27N5OS/c1-4-27(5-2)16-8-6-15(7-9-16)24-21(28)20-19(23)17-12-14-13-26(3)11-10-18(14)25-22(17)29-20/h6-9,12H,4-5,10-11,13,23H2,1-3H3,(H,24,28)/p+1. The van der Waals surface area contributed by atoms with E-state index in [4.69, 9.17) is 10.7 Å².